The first-order chi connectivity index (χ1) is 6.18. The van der Waals surface area contributed by atoms with Crippen LogP contribution in [0, 0.1) is 0 Å². The van der Waals surface area contributed by atoms with Gasteiger partial charge in [-0.05, 0) is 17.7 Å². The van der Waals surface area contributed by atoms with Crippen molar-refractivity contribution in [1.82, 2.24) is 0 Å². The van der Waals surface area contributed by atoms with Crippen molar-refractivity contribution in [3.8, 4) is 0 Å². The molecule has 0 aromatic heterocycles. The maximum absolute atomic E-state index is 10.1. The molecule has 0 amide bonds. The maximum atomic E-state index is 10.1. The van der Waals surface area contributed by atoms with Crippen LogP contribution in [0.1, 0.15) is 5.56 Å². The minimum absolute atomic E-state index is 0. The Morgan fingerprint density at radius 3 is 2.79 bits per heavy atom. The molecule has 1 aromatic rings. The summed E-state index contributed by atoms with van der Waals surface area (Å²) in [5, 5.41) is 10.1. The van der Waals surface area contributed by atoms with Crippen molar-refractivity contribution in [1.29, 1.82) is 0 Å². The third kappa shape index (κ3) is 6.09. The number of benzene rings is 1. The SMILES string of the molecule is O=C([O-])CSCc1cccc(Br)c1.[Na+]. The Hall–Kier alpha value is 0.520. The van der Waals surface area contributed by atoms with Gasteiger partial charge in [-0.2, -0.15) is 11.8 Å². The Labute approximate surface area is 118 Å². The van der Waals surface area contributed by atoms with Gasteiger partial charge >= 0.3 is 29.6 Å². The van der Waals surface area contributed by atoms with E-state index in [9.17, 15) is 9.90 Å². The van der Waals surface area contributed by atoms with Crippen molar-refractivity contribution in [2.24, 2.45) is 0 Å². The fourth-order valence-corrected chi connectivity index (χ4v) is 2.01. The van der Waals surface area contributed by atoms with Gasteiger partial charge in [0.15, 0.2) is 0 Å². The van der Waals surface area contributed by atoms with E-state index in [0.29, 0.717) is 5.75 Å². The molecule has 0 radical (unpaired) electrons. The molecule has 14 heavy (non-hydrogen) atoms. The molecule has 5 heteroatoms. The Kier molecular flexibility index (Phi) is 8.05. The molecule has 2 nitrogen and oxygen atoms in total. The minimum Gasteiger partial charge on any atom is -0.549 e. The van der Waals surface area contributed by atoms with Crippen molar-refractivity contribution in [2.75, 3.05) is 5.75 Å². The third-order valence-electron chi connectivity index (χ3n) is 1.38. The van der Waals surface area contributed by atoms with Gasteiger partial charge in [-0.3, -0.25) is 0 Å². The summed E-state index contributed by atoms with van der Waals surface area (Å²) in [6, 6.07) is 7.81. The Morgan fingerprint density at radius 1 is 1.50 bits per heavy atom. The second-order valence-corrected chi connectivity index (χ2v) is 4.40. The molecule has 0 saturated heterocycles. The van der Waals surface area contributed by atoms with Gasteiger partial charge in [0.1, 0.15) is 0 Å². The van der Waals surface area contributed by atoms with Crippen LogP contribution >= 0.6 is 27.7 Å². The quantitative estimate of drug-likeness (QED) is 0.627. The van der Waals surface area contributed by atoms with Crippen LogP contribution in [0.2, 0.25) is 0 Å². The fourth-order valence-electron chi connectivity index (χ4n) is 0.879. The summed E-state index contributed by atoms with van der Waals surface area (Å²) in [4.78, 5) is 10.1. The first-order valence-electron chi connectivity index (χ1n) is 3.70. The van der Waals surface area contributed by atoms with Gasteiger partial charge in [0.05, 0.1) is 5.97 Å². The van der Waals surface area contributed by atoms with E-state index in [1.807, 2.05) is 24.3 Å². The summed E-state index contributed by atoms with van der Waals surface area (Å²) in [7, 11) is 0. The zero-order chi connectivity index (χ0) is 9.68. The summed E-state index contributed by atoms with van der Waals surface area (Å²) < 4.78 is 1.01. The van der Waals surface area contributed by atoms with Crippen molar-refractivity contribution < 1.29 is 39.5 Å². The number of thioether (sulfide) groups is 1. The molecule has 0 aliphatic rings. The Morgan fingerprint density at radius 2 is 2.21 bits per heavy atom. The number of hydrogen-bond donors (Lipinski definition) is 0. The zero-order valence-corrected chi connectivity index (χ0v) is 12.2. The van der Waals surface area contributed by atoms with E-state index in [1.54, 1.807) is 0 Å². The van der Waals surface area contributed by atoms with Crippen LogP contribution in [0.15, 0.2) is 28.7 Å². The van der Waals surface area contributed by atoms with E-state index in [4.69, 9.17) is 0 Å². The van der Waals surface area contributed by atoms with E-state index in [1.165, 1.54) is 11.8 Å². The fraction of sp³-hybridized carbons (Fsp3) is 0.222. The zero-order valence-electron chi connectivity index (χ0n) is 7.83. The number of aliphatic carboxylic acids is 1. The van der Waals surface area contributed by atoms with Crippen LogP contribution in [0.4, 0.5) is 0 Å². The first-order valence-corrected chi connectivity index (χ1v) is 5.65. The second kappa shape index (κ2) is 7.77. The number of halogens is 1. The first kappa shape index (κ1) is 14.5. The number of carbonyl (C=O) groups excluding carboxylic acids is 1. The third-order valence-corrected chi connectivity index (χ3v) is 2.85. The molecule has 0 atom stereocenters. The molecular weight excluding hydrogens is 275 g/mol. The summed E-state index contributed by atoms with van der Waals surface area (Å²) in [6.07, 6.45) is 0. The van der Waals surface area contributed by atoms with E-state index in [2.05, 4.69) is 15.9 Å². The van der Waals surface area contributed by atoms with E-state index >= 15 is 0 Å². The molecule has 0 saturated carbocycles. The predicted octanol–water partition coefficient (Wildman–Crippen LogP) is -1.56. The number of hydrogen-bond acceptors (Lipinski definition) is 3. The molecular formula is C9H8BrNaO2S. The molecule has 0 aliphatic heterocycles. The minimum atomic E-state index is -1.01. The molecule has 1 rings (SSSR count). The molecule has 0 bridgehead atoms. The number of carboxylic acid groups (broad SMARTS) is 1. The van der Waals surface area contributed by atoms with Crippen LogP contribution in [0.5, 0.6) is 0 Å². The van der Waals surface area contributed by atoms with Gasteiger partial charge in [0, 0.05) is 16.0 Å². The van der Waals surface area contributed by atoms with Crippen LogP contribution in [-0.4, -0.2) is 11.7 Å². The van der Waals surface area contributed by atoms with Crippen molar-refractivity contribution in [3.05, 3.63) is 34.3 Å². The van der Waals surface area contributed by atoms with Crippen molar-refractivity contribution in [3.63, 3.8) is 0 Å². The molecule has 1 aromatic carbocycles. The average molecular weight is 283 g/mol. The molecule has 0 aliphatic carbocycles. The normalized spacial score (nSPS) is 9.21. The van der Waals surface area contributed by atoms with Crippen molar-refractivity contribution in [2.45, 2.75) is 5.75 Å². The summed E-state index contributed by atoms with van der Waals surface area (Å²) in [6.45, 7) is 0. The number of carbonyl (C=O) groups is 1. The van der Waals surface area contributed by atoms with Gasteiger partial charge in [0.2, 0.25) is 0 Å². The maximum Gasteiger partial charge on any atom is 1.00 e. The largest absolute Gasteiger partial charge is 1.00 e. The van der Waals surface area contributed by atoms with E-state index in [-0.39, 0.29) is 35.3 Å². The number of carboxylic acids is 1. The van der Waals surface area contributed by atoms with Gasteiger partial charge in [-0.15, -0.1) is 0 Å². The van der Waals surface area contributed by atoms with Gasteiger partial charge in [-0.1, -0.05) is 28.1 Å². The smallest absolute Gasteiger partial charge is 0.549 e. The molecule has 0 N–H and O–H groups in total. The number of rotatable bonds is 4. The van der Waals surface area contributed by atoms with Gasteiger partial charge in [0.25, 0.3) is 0 Å². The van der Waals surface area contributed by atoms with Crippen LogP contribution < -0.4 is 34.7 Å². The molecule has 70 valence electrons. The topological polar surface area (TPSA) is 40.1 Å². The van der Waals surface area contributed by atoms with Crippen LogP contribution in [0.25, 0.3) is 0 Å². The summed E-state index contributed by atoms with van der Waals surface area (Å²) in [5.41, 5.74) is 1.11. The van der Waals surface area contributed by atoms with Crippen LogP contribution in [0.3, 0.4) is 0 Å². The standard InChI is InChI=1S/C9H9BrO2S.Na/c10-8-3-1-2-7(4-8)5-13-6-9(11)12;/h1-4H,5-6H2,(H,11,12);/q;+1/p-1. The molecule has 0 heterocycles. The van der Waals surface area contributed by atoms with Crippen molar-refractivity contribution >= 4 is 33.7 Å². The average Bonchev–Trinajstić information content (AvgIpc) is 2.03. The molecule has 0 fully saturated rings. The van der Waals surface area contributed by atoms with Crippen LogP contribution in [-0.2, 0) is 10.5 Å². The van der Waals surface area contributed by atoms with E-state index < -0.39 is 5.97 Å². The predicted molar refractivity (Wildman–Crippen MR) is 55.3 cm³/mol. The Bertz CT molecular complexity index is 307. The van der Waals surface area contributed by atoms with E-state index in [0.717, 1.165) is 10.0 Å². The molecule has 0 spiro atoms. The summed E-state index contributed by atoms with van der Waals surface area (Å²) >= 11 is 4.69. The summed E-state index contributed by atoms with van der Waals surface area (Å²) in [5.74, 6) is -0.264. The monoisotopic (exact) mass is 282 g/mol. The van der Waals surface area contributed by atoms with Gasteiger partial charge < -0.3 is 9.90 Å². The van der Waals surface area contributed by atoms with Gasteiger partial charge in [-0.25, -0.2) is 0 Å². The Balaban J connectivity index is 0.00000169. The second-order valence-electron chi connectivity index (χ2n) is 2.49. The molecule has 0 unspecified atom stereocenters.